The molecule has 5 nitrogen and oxygen atoms in total. The number of dihydropyridines is 1. The minimum Gasteiger partial charge on any atom is -0.466 e. The highest BCUT2D eigenvalue weighted by Crippen LogP contribution is 2.48. The Kier molecular flexibility index (Phi) is 5.27. The Morgan fingerprint density at radius 3 is 2.44 bits per heavy atom. The molecule has 1 N–H and O–H groups in total. The molecule has 39 heavy (non-hydrogen) atoms. The lowest BCUT2D eigenvalue weighted by Gasteiger charge is -2.28. The number of esters is 1. The van der Waals surface area contributed by atoms with E-state index in [1.807, 2.05) is 49.4 Å². The van der Waals surface area contributed by atoms with Crippen LogP contribution in [0.5, 0.6) is 0 Å². The van der Waals surface area contributed by atoms with Gasteiger partial charge in [0.1, 0.15) is 0 Å². The second-order valence-electron chi connectivity index (χ2n) is 10.2. The summed E-state index contributed by atoms with van der Waals surface area (Å²) in [5.74, 6) is -1.05. The number of fused-ring (bicyclic) bond motifs is 4. The molecule has 190 valence electrons. The fourth-order valence-corrected chi connectivity index (χ4v) is 6.19. The third-order valence-electron chi connectivity index (χ3n) is 7.95. The maximum atomic E-state index is 13.9. The summed E-state index contributed by atoms with van der Waals surface area (Å²) in [5, 5.41) is 6.78. The molecule has 7 rings (SSSR count). The van der Waals surface area contributed by atoms with Crippen LogP contribution in [0.2, 0.25) is 0 Å². The number of para-hydroxylation sites is 1. The number of hydrogen-bond acceptors (Lipinski definition) is 4. The molecule has 1 aliphatic carbocycles. The van der Waals surface area contributed by atoms with E-state index >= 15 is 0 Å². The molecule has 1 aromatic heterocycles. The van der Waals surface area contributed by atoms with Crippen LogP contribution in [0.25, 0.3) is 27.4 Å². The SMILES string of the molecule is COC(=O)C1=C(C)NC2=C(C(=O)c3ccccc32)[C@@H]1c1cn(Cc2ccc3ccccc3c2)c2ccccc12. The molecule has 1 aliphatic heterocycles. The van der Waals surface area contributed by atoms with Crippen molar-refractivity contribution in [1.29, 1.82) is 0 Å². The standard InChI is InChI=1S/C34H26N2O3/c1-20-29(34(38)39-2)30(31-32(35-20)25-12-5-6-13-26(25)33(31)37)27-19-36(28-14-8-7-11-24(27)28)18-21-15-16-22-9-3-4-10-23(22)17-21/h3-17,19,30,35H,18H2,1-2H3/t30-/m1/s1. The summed E-state index contributed by atoms with van der Waals surface area (Å²) < 4.78 is 7.47. The number of Topliss-reactive ketones (excluding diaryl/α,β-unsaturated/α-hetero) is 1. The van der Waals surface area contributed by atoms with E-state index in [1.165, 1.54) is 23.4 Å². The maximum absolute atomic E-state index is 13.9. The van der Waals surface area contributed by atoms with Gasteiger partial charge in [-0.05, 0) is 41.0 Å². The van der Waals surface area contributed by atoms with Gasteiger partial charge >= 0.3 is 5.97 Å². The second-order valence-corrected chi connectivity index (χ2v) is 10.2. The number of carbonyl (C=O) groups excluding carboxylic acids is 2. The quantitative estimate of drug-likeness (QED) is 0.277. The van der Waals surface area contributed by atoms with Crippen molar-refractivity contribution < 1.29 is 14.3 Å². The molecule has 0 radical (unpaired) electrons. The number of benzene rings is 4. The Morgan fingerprint density at radius 1 is 0.897 bits per heavy atom. The van der Waals surface area contributed by atoms with Crippen LogP contribution in [0.15, 0.2) is 114 Å². The molecule has 0 saturated carbocycles. The predicted octanol–water partition coefficient (Wildman–Crippen LogP) is 6.58. The number of rotatable bonds is 4. The monoisotopic (exact) mass is 510 g/mol. The van der Waals surface area contributed by atoms with Crippen molar-refractivity contribution in [3.05, 3.63) is 136 Å². The van der Waals surface area contributed by atoms with Gasteiger partial charge in [-0.1, -0.05) is 78.9 Å². The molecule has 2 aliphatic rings. The molecular formula is C34H26N2O3. The molecule has 5 heteroatoms. The van der Waals surface area contributed by atoms with Crippen molar-refractivity contribution >= 4 is 39.1 Å². The minimum atomic E-state index is -0.559. The topological polar surface area (TPSA) is 60.3 Å². The van der Waals surface area contributed by atoms with Crippen molar-refractivity contribution in [1.82, 2.24) is 9.88 Å². The average Bonchev–Trinajstić information content (AvgIpc) is 3.47. The molecule has 2 heterocycles. The van der Waals surface area contributed by atoms with Crippen LogP contribution in [0.3, 0.4) is 0 Å². The first-order valence-electron chi connectivity index (χ1n) is 13.0. The molecule has 0 bridgehead atoms. The zero-order valence-electron chi connectivity index (χ0n) is 21.7. The van der Waals surface area contributed by atoms with Gasteiger partial charge in [0, 0.05) is 46.0 Å². The largest absolute Gasteiger partial charge is 0.466 e. The molecule has 4 aromatic carbocycles. The van der Waals surface area contributed by atoms with E-state index in [1.54, 1.807) is 0 Å². The number of methoxy groups -OCH3 is 1. The molecule has 0 amide bonds. The Bertz CT molecular complexity index is 1910. The number of ether oxygens (including phenoxy) is 1. The van der Waals surface area contributed by atoms with Crippen LogP contribution in [0.1, 0.15) is 39.9 Å². The Hall–Kier alpha value is -4.90. The average molecular weight is 511 g/mol. The van der Waals surface area contributed by atoms with Crippen molar-refractivity contribution in [2.75, 3.05) is 7.11 Å². The van der Waals surface area contributed by atoms with Gasteiger partial charge in [0.2, 0.25) is 0 Å². The second kappa shape index (κ2) is 8.84. The number of ketones is 1. The van der Waals surface area contributed by atoms with E-state index in [4.69, 9.17) is 4.74 Å². The minimum absolute atomic E-state index is 0.0571. The third-order valence-corrected chi connectivity index (χ3v) is 7.95. The molecule has 0 unspecified atom stereocenters. The number of allylic oxidation sites excluding steroid dienone is 2. The van der Waals surface area contributed by atoms with E-state index in [-0.39, 0.29) is 5.78 Å². The van der Waals surface area contributed by atoms with Gasteiger partial charge in [-0.2, -0.15) is 0 Å². The Morgan fingerprint density at radius 2 is 1.62 bits per heavy atom. The van der Waals surface area contributed by atoms with Gasteiger partial charge in [0.05, 0.1) is 24.3 Å². The number of aromatic nitrogens is 1. The lowest BCUT2D eigenvalue weighted by atomic mass is 9.79. The third kappa shape index (κ3) is 3.54. The fourth-order valence-electron chi connectivity index (χ4n) is 6.19. The highest BCUT2D eigenvalue weighted by molar-refractivity contribution is 6.23. The first-order chi connectivity index (χ1) is 19.0. The number of hydrogen-bond donors (Lipinski definition) is 1. The fraction of sp³-hybridized carbons (Fsp3) is 0.118. The van der Waals surface area contributed by atoms with Crippen LogP contribution in [0.4, 0.5) is 0 Å². The van der Waals surface area contributed by atoms with Gasteiger partial charge in [-0.3, -0.25) is 4.79 Å². The van der Waals surface area contributed by atoms with E-state index < -0.39 is 11.9 Å². The molecule has 1 atom stereocenters. The van der Waals surface area contributed by atoms with E-state index in [2.05, 4.69) is 64.6 Å². The smallest absolute Gasteiger partial charge is 0.336 e. The van der Waals surface area contributed by atoms with Crippen LogP contribution in [-0.2, 0) is 16.1 Å². The lowest BCUT2D eigenvalue weighted by molar-refractivity contribution is -0.136. The van der Waals surface area contributed by atoms with E-state index in [0.29, 0.717) is 29.0 Å². The van der Waals surface area contributed by atoms with Gasteiger partial charge in [-0.15, -0.1) is 0 Å². The number of carbonyl (C=O) groups is 2. The molecule has 5 aromatic rings. The number of nitrogens with zero attached hydrogens (tertiary/aromatic N) is 1. The van der Waals surface area contributed by atoms with Crippen LogP contribution >= 0.6 is 0 Å². The summed E-state index contributed by atoms with van der Waals surface area (Å²) in [4.78, 5) is 27.1. The summed E-state index contributed by atoms with van der Waals surface area (Å²) in [6, 6.07) is 30.7. The van der Waals surface area contributed by atoms with E-state index in [9.17, 15) is 9.59 Å². The van der Waals surface area contributed by atoms with Gasteiger partial charge in [0.15, 0.2) is 5.78 Å². The Labute approximate surface area is 226 Å². The first-order valence-corrected chi connectivity index (χ1v) is 13.0. The molecule has 0 fully saturated rings. The molecule has 0 spiro atoms. The van der Waals surface area contributed by atoms with Crippen molar-refractivity contribution in [3.63, 3.8) is 0 Å². The number of nitrogens with one attached hydrogen (secondary N) is 1. The summed E-state index contributed by atoms with van der Waals surface area (Å²) in [6.45, 7) is 2.54. The molecule has 0 saturated heterocycles. The Balaban J connectivity index is 1.42. The summed E-state index contributed by atoms with van der Waals surface area (Å²) in [6.07, 6.45) is 2.10. The van der Waals surface area contributed by atoms with Crippen molar-refractivity contribution in [2.45, 2.75) is 19.4 Å². The highest BCUT2D eigenvalue weighted by Gasteiger charge is 2.43. The maximum Gasteiger partial charge on any atom is 0.336 e. The zero-order valence-corrected chi connectivity index (χ0v) is 21.7. The van der Waals surface area contributed by atoms with Gasteiger partial charge in [-0.25, -0.2) is 4.79 Å². The van der Waals surface area contributed by atoms with Gasteiger partial charge in [0.25, 0.3) is 0 Å². The van der Waals surface area contributed by atoms with Gasteiger partial charge < -0.3 is 14.6 Å². The lowest BCUT2D eigenvalue weighted by Crippen LogP contribution is -2.29. The van der Waals surface area contributed by atoms with Crippen LogP contribution < -0.4 is 5.32 Å². The van der Waals surface area contributed by atoms with Crippen molar-refractivity contribution in [2.24, 2.45) is 0 Å². The summed E-state index contributed by atoms with van der Waals surface area (Å²) in [5.41, 5.74) is 7.19. The first kappa shape index (κ1) is 23.2. The normalized spacial score (nSPS) is 16.5. The highest BCUT2D eigenvalue weighted by atomic mass is 16.5. The molecular weight excluding hydrogens is 484 g/mol. The van der Waals surface area contributed by atoms with Crippen LogP contribution in [0, 0.1) is 0 Å². The zero-order chi connectivity index (χ0) is 26.7. The predicted molar refractivity (Wildman–Crippen MR) is 153 cm³/mol. The van der Waals surface area contributed by atoms with Crippen LogP contribution in [-0.4, -0.2) is 23.4 Å². The van der Waals surface area contributed by atoms with E-state index in [0.717, 1.165) is 27.7 Å². The van der Waals surface area contributed by atoms with Crippen molar-refractivity contribution in [3.8, 4) is 0 Å². The summed E-state index contributed by atoms with van der Waals surface area (Å²) >= 11 is 0. The summed E-state index contributed by atoms with van der Waals surface area (Å²) in [7, 11) is 1.39.